The Bertz CT molecular complexity index is 1450. The third-order valence-corrected chi connectivity index (χ3v) is 8.08. The first-order valence-corrected chi connectivity index (χ1v) is 14.8. The van der Waals surface area contributed by atoms with E-state index in [0.717, 1.165) is 5.56 Å². The fourth-order valence-corrected chi connectivity index (χ4v) is 4.99. The van der Waals surface area contributed by atoms with Crippen molar-refractivity contribution >= 4 is 40.9 Å². The minimum atomic E-state index is -1.15. The number of benzene rings is 1. The molecule has 0 radical (unpaired) electrons. The summed E-state index contributed by atoms with van der Waals surface area (Å²) in [5, 5.41) is 28.0. The highest BCUT2D eigenvalue weighted by Gasteiger charge is 2.44. The van der Waals surface area contributed by atoms with Gasteiger partial charge in [-0.05, 0) is 24.6 Å². The third-order valence-electron chi connectivity index (χ3n) is 7.17. The van der Waals surface area contributed by atoms with Gasteiger partial charge in [-0.2, -0.15) is 0 Å². The van der Waals surface area contributed by atoms with Crippen molar-refractivity contribution in [3.63, 3.8) is 0 Å². The highest BCUT2D eigenvalue weighted by Crippen LogP contribution is 2.33. The van der Waals surface area contributed by atoms with Crippen LogP contribution in [0.15, 0.2) is 42.1 Å². The number of anilines is 1. The van der Waals surface area contributed by atoms with Gasteiger partial charge in [-0.3, -0.25) is 9.36 Å². The van der Waals surface area contributed by atoms with Gasteiger partial charge in [0.05, 0.1) is 24.4 Å². The van der Waals surface area contributed by atoms with Crippen molar-refractivity contribution in [2.45, 2.75) is 52.2 Å². The zero-order chi connectivity index (χ0) is 30.3. The Hall–Kier alpha value is -3.70. The Labute approximate surface area is 249 Å². The number of hydrogen-bond acceptors (Lipinski definition) is 11. The Morgan fingerprint density at radius 2 is 2.05 bits per heavy atom. The van der Waals surface area contributed by atoms with Crippen molar-refractivity contribution in [3.8, 4) is 11.8 Å². The lowest BCUT2D eigenvalue weighted by Gasteiger charge is -2.26. The van der Waals surface area contributed by atoms with Gasteiger partial charge in [0.1, 0.15) is 30.7 Å². The minimum Gasteiger partial charge on any atom is -0.395 e. The van der Waals surface area contributed by atoms with Crippen molar-refractivity contribution in [2.24, 2.45) is 16.5 Å². The molecule has 0 bridgehead atoms. The van der Waals surface area contributed by atoms with Gasteiger partial charge >= 0.3 is 0 Å². The zero-order valence-electron chi connectivity index (χ0n) is 24.1. The molecule has 224 valence electrons. The molecule has 4 rings (SSSR count). The number of aromatic nitrogens is 4. The standard InChI is InChI=1S/C29H37N7O5S/c1-5-31-27(39)20-10-8-19(9-11-20)13-35-40-15-29(3,4)18(2)7-6-12-42-14-21-23(37)24(38)28(41-21)36-17-34-22-25(30)32-16-33-26(22)36/h8-11,13,16-18,21,23-24,28,37-38H,5,12,14-15H2,1-4H3,(H,31,39)(H2,30,32,33)/b35-13+. The Morgan fingerprint density at radius 3 is 2.79 bits per heavy atom. The zero-order valence-corrected chi connectivity index (χ0v) is 24.9. The maximum atomic E-state index is 11.9. The molecule has 1 fully saturated rings. The van der Waals surface area contributed by atoms with Crippen LogP contribution in [-0.2, 0) is 9.57 Å². The number of rotatable bonds is 11. The molecule has 5 atom stereocenters. The number of hydrogen-bond donors (Lipinski definition) is 4. The molecule has 5 N–H and O–H groups in total. The summed E-state index contributed by atoms with van der Waals surface area (Å²) < 4.78 is 7.54. The van der Waals surface area contributed by atoms with Gasteiger partial charge < -0.3 is 30.8 Å². The minimum absolute atomic E-state index is 0.0353. The Balaban J connectivity index is 1.21. The molecular formula is C29H37N7O5S. The summed E-state index contributed by atoms with van der Waals surface area (Å²) in [6.45, 7) is 9.02. The monoisotopic (exact) mass is 595 g/mol. The predicted molar refractivity (Wildman–Crippen MR) is 162 cm³/mol. The molecule has 3 heterocycles. The number of aliphatic hydroxyl groups is 2. The maximum Gasteiger partial charge on any atom is 0.251 e. The van der Waals surface area contributed by atoms with Crippen LogP contribution in [0.5, 0.6) is 0 Å². The lowest BCUT2D eigenvalue weighted by Crippen LogP contribution is -2.32. The maximum absolute atomic E-state index is 11.9. The summed E-state index contributed by atoms with van der Waals surface area (Å²) in [6, 6.07) is 7.13. The van der Waals surface area contributed by atoms with E-state index < -0.39 is 24.5 Å². The summed E-state index contributed by atoms with van der Waals surface area (Å²) in [7, 11) is 0. The quantitative estimate of drug-likeness (QED) is 0.112. The number of nitrogens with zero attached hydrogens (tertiary/aromatic N) is 5. The van der Waals surface area contributed by atoms with Crippen LogP contribution in [0.1, 0.15) is 49.8 Å². The number of aliphatic hydroxyl groups excluding tert-OH is 2. The molecule has 5 unspecified atom stereocenters. The van der Waals surface area contributed by atoms with Crippen molar-refractivity contribution in [2.75, 3.05) is 30.4 Å². The van der Waals surface area contributed by atoms with Gasteiger partial charge in [0, 0.05) is 29.2 Å². The molecule has 1 amide bonds. The molecular weight excluding hydrogens is 558 g/mol. The number of amides is 1. The van der Waals surface area contributed by atoms with Crippen LogP contribution in [-0.4, -0.2) is 84.8 Å². The fourth-order valence-electron chi connectivity index (χ4n) is 4.18. The number of imidazole rings is 1. The summed E-state index contributed by atoms with van der Waals surface area (Å²) in [5.74, 6) is 7.62. The molecule has 1 saturated heterocycles. The average molecular weight is 596 g/mol. The predicted octanol–water partition coefficient (Wildman–Crippen LogP) is 2.23. The van der Waals surface area contributed by atoms with Crippen LogP contribution in [0.3, 0.4) is 0 Å². The van der Waals surface area contributed by atoms with Gasteiger partial charge in [-0.1, -0.05) is 49.9 Å². The number of ether oxygens (including phenoxy) is 1. The summed E-state index contributed by atoms with van der Waals surface area (Å²) in [4.78, 5) is 29.7. The number of carbonyl (C=O) groups excluding carboxylic acids is 1. The summed E-state index contributed by atoms with van der Waals surface area (Å²) >= 11 is 1.52. The lowest BCUT2D eigenvalue weighted by molar-refractivity contribution is -0.0288. The number of nitrogen functional groups attached to an aromatic ring is 1. The highest BCUT2D eigenvalue weighted by atomic mass is 32.2. The highest BCUT2D eigenvalue weighted by molar-refractivity contribution is 7.99. The first kappa shape index (κ1) is 31.2. The molecule has 3 aromatic rings. The molecule has 1 aromatic carbocycles. The second kappa shape index (κ2) is 14.0. The van der Waals surface area contributed by atoms with Gasteiger partial charge in [-0.25, -0.2) is 15.0 Å². The van der Waals surface area contributed by atoms with Gasteiger partial charge in [-0.15, -0.1) is 11.8 Å². The topological polar surface area (TPSA) is 170 Å². The Morgan fingerprint density at radius 1 is 1.29 bits per heavy atom. The molecule has 1 aliphatic rings. The summed E-state index contributed by atoms with van der Waals surface area (Å²) in [5.41, 5.74) is 7.87. The molecule has 42 heavy (non-hydrogen) atoms. The van der Waals surface area contributed by atoms with Crippen molar-refractivity contribution in [1.29, 1.82) is 0 Å². The van der Waals surface area contributed by atoms with E-state index in [1.54, 1.807) is 22.9 Å². The SMILES string of the molecule is CCNC(=O)c1ccc(/C=N/OCC(C)(C)C(C)C#CCSCC2OC(n3cnc4c(N)ncnc43)C(O)C2O)cc1. The third kappa shape index (κ3) is 7.38. The van der Waals surface area contributed by atoms with Crippen LogP contribution in [0.4, 0.5) is 5.82 Å². The fraction of sp³-hybridized carbons (Fsp3) is 0.483. The van der Waals surface area contributed by atoms with E-state index in [1.165, 1.54) is 24.4 Å². The lowest BCUT2D eigenvalue weighted by atomic mass is 9.81. The van der Waals surface area contributed by atoms with Gasteiger partial charge in [0.2, 0.25) is 0 Å². The second-order valence-corrected chi connectivity index (χ2v) is 11.7. The second-order valence-electron chi connectivity index (χ2n) is 10.7. The van der Waals surface area contributed by atoms with Crippen LogP contribution in [0.2, 0.25) is 0 Å². The van der Waals surface area contributed by atoms with E-state index in [2.05, 4.69) is 51.1 Å². The van der Waals surface area contributed by atoms with Gasteiger partial charge in [0.15, 0.2) is 17.7 Å². The molecule has 12 nitrogen and oxygen atoms in total. The van der Waals surface area contributed by atoms with E-state index in [0.29, 0.717) is 41.4 Å². The van der Waals surface area contributed by atoms with E-state index in [1.807, 2.05) is 26.0 Å². The molecule has 0 saturated carbocycles. The number of nitrogens with two attached hydrogens (primary N) is 1. The van der Waals surface area contributed by atoms with Crippen LogP contribution in [0, 0.1) is 23.2 Å². The van der Waals surface area contributed by atoms with Crippen molar-refractivity contribution in [3.05, 3.63) is 48.0 Å². The van der Waals surface area contributed by atoms with E-state index in [-0.39, 0.29) is 23.1 Å². The summed E-state index contributed by atoms with van der Waals surface area (Å²) in [6.07, 6.45) is 0.765. The molecule has 0 spiro atoms. The molecule has 13 heteroatoms. The number of fused-ring (bicyclic) bond motifs is 1. The van der Waals surface area contributed by atoms with Crippen LogP contribution < -0.4 is 11.1 Å². The smallest absolute Gasteiger partial charge is 0.251 e. The normalized spacial score (nSPS) is 21.3. The number of thioether (sulfide) groups is 1. The number of oxime groups is 1. The Kier molecular flexibility index (Phi) is 10.4. The first-order valence-electron chi connectivity index (χ1n) is 13.7. The van der Waals surface area contributed by atoms with Crippen molar-refractivity contribution in [1.82, 2.24) is 24.8 Å². The van der Waals surface area contributed by atoms with E-state index >= 15 is 0 Å². The first-order chi connectivity index (χ1) is 20.1. The van der Waals surface area contributed by atoms with E-state index in [9.17, 15) is 15.0 Å². The molecule has 2 aromatic heterocycles. The van der Waals surface area contributed by atoms with Crippen molar-refractivity contribution < 1.29 is 24.6 Å². The van der Waals surface area contributed by atoms with Crippen LogP contribution in [0.25, 0.3) is 11.2 Å². The van der Waals surface area contributed by atoms with Crippen LogP contribution >= 0.6 is 11.8 Å². The molecule has 1 aliphatic heterocycles. The van der Waals surface area contributed by atoms with Gasteiger partial charge in [0.25, 0.3) is 5.91 Å². The van der Waals surface area contributed by atoms with E-state index in [4.69, 9.17) is 15.3 Å². The number of nitrogens with one attached hydrogen (secondary N) is 1. The largest absolute Gasteiger partial charge is 0.395 e. The number of carbonyl (C=O) groups is 1. The average Bonchev–Trinajstić information content (AvgIpc) is 3.52. The molecule has 0 aliphatic carbocycles.